The first kappa shape index (κ1) is 31.7. The first-order valence-corrected chi connectivity index (χ1v) is 16.6. The number of benzene rings is 1. The summed E-state index contributed by atoms with van der Waals surface area (Å²) in [4.78, 5) is 24.8. The molecule has 234 valence electrons. The molecule has 4 atom stereocenters. The molecule has 1 aromatic carbocycles. The third-order valence-corrected chi connectivity index (χ3v) is 10.7. The fourth-order valence-corrected chi connectivity index (χ4v) is 7.03. The molecular formula is C31H44ClN7O3S. The molecule has 2 fully saturated rings. The zero-order valence-corrected chi connectivity index (χ0v) is 27.9. The number of piperidine rings is 1. The van der Waals surface area contributed by atoms with Crippen molar-refractivity contribution in [2.75, 3.05) is 24.7 Å². The van der Waals surface area contributed by atoms with Gasteiger partial charge in [-0.1, -0.05) is 25.4 Å². The number of rotatable bonds is 9. The van der Waals surface area contributed by atoms with Gasteiger partial charge in [-0.3, -0.25) is 9.00 Å². The number of halogens is 1. The van der Waals surface area contributed by atoms with Crippen molar-refractivity contribution in [1.29, 1.82) is 0 Å². The monoisotopic (exact) mass is 629 g/mol. The lowest BCUT2D eigenvalue weighted by Crippen LogP contribution is -2.54. The van der Waals surface area contributed by atoms with Gasteiger partial charge in [-0.15, -0.1) is 0 Å². The Bertz CT molecular complexity index is 1440. The van der Waals surface area contributed by atoms with Crippen molar-refractivity contribution in [2.45, 2.75) is 102 Å². The van der Waals surface area contributed by atoms with E-state index in [0.717, 1.165) is 37.1 Å². The molecule has 2 aliphatic heterocycles. The predicted octanol–water partition coefficient (Wildman–Crippen LogP) is 5.46. The highest BCUT2D eigenvalue weighted by Gasteiger charge is 2.46. The topological polar surface area (TPSA) is 112 Å². The number of carbonyl (C=O) groups is 1. The summed E-state index contributed by atoms with van der Waals surface area (Å²) < 4.78 is 19.1. The minimum Gasteiger partial charge on any atom is -0.488 e. The molecule has 1 saturated heterocycles. The van der Waals surface area contributed by atoms with Crippen LogP contribution in [0.3, 0.4) is 0 Å². The molecule has 43 heavy (non-hydrogen) atoms. The van der Waals surface area contributed by atoms with Crippen LogP contribution in [-0.4, -0.2) is 72.3 Å². The normalized spacial score (nSPS) is 26.8. The maximum Gasteiger partial charge on any atom is 0.246 e. The molecule has 1 aliphatic carbocycles. The molecule has 3 heterocycles. The maximum absolute atomic E-state index is 13.2. The van der Waals surface area contributed by atoms with Crippen LogP contribution in [0.5, 0.6) is 5.75 Å². The second-order valence-corrected chi connectivity index (χ2v) is 15.0. The molecular weight excluding hydrogens is 586 g/mol. The minimum atomic E-state index is -1.69. The number of nitrogens with zero attached hydrogens (tertiary/aromatic N) is 4. The highest BCUT2D eigenvalue weighted by Crippen LogP contribution is 2.42. The van der Waals surface area contributed by atoms with Crippen molar-refractivity contribution in [2.24, 2.45) is 0 Å². The summed E-state index contributed by atoms with van der Waals surface area (Å²) in [6.45, 7) is 12.0. The number of likely N-dealkylation sites (tertiary alicyclic amines) is 1. The number of hydrogen-bond donors (Lipinski definition) is 3. The summed E-state index contributed by atoms with van der Waals surface area (Å²) in [5.74, 6) is 1.92. The summed E-state index contributed by atoms with van der Waals surface area (Å²) in [6.07, 6.45) is 7.79. The lowest BCUT2D eigenvalue weighted by Gasteiger charge is -2.41. The van der Waals surface area contributed by atoms with Crippen LogP contribution in [0.25, 0.3) is 0 Å². The largest absolute Gasteiger partial charge is 0.488 e. The third kappa shape index (κ3) is 6.69. The molecule has 3 aliphatic rings. The van der Waals surface area contributed by atoms with Crippen LogP contribution < -0.4 is 20.8 Å². The Hall–Kier alpha value is -2.73. The van der Waals surface area contributed by atoms with Crippen molar-refractivity contribution >= 4 is 45.0 Å². The fourth-order valence-electron chi connectivity index (χ4n) is 5.90. The summed E-state index contributed by atoms with van der Waals surface area (Å²) >= 11 is 6.52. The van der Waals surface area contributed by atoms with Gasteiger partial charge in [0.25, 0.3) is 0 Å². The summed E-state index contributed by atoms with van der Waals surface area (Å²) in [5, 5.41) is 7.77. The van der Waals surface area contributed by atoms with Crippen LogP contribution in [-0.2, 0) is 15.6 Å². The Morgan fingerprint density at radius 2 is 1.86 bits per heavy atom. The Morgan fingerprint density at radius 1 is 1.19 bits per heavy atom. The number of hydrogen-bond acceptors (Lipinski definition) is 10. The molecule has 3 N–H and O–H groups in total. The van der Waals surface area contributed by atoms with Crippen LogP contribution in [0.15, 0.2) is 30.2 Å². The Balaban J connectivity index is 1.41. The van der Waals surface area contributed by atoms with E-state index in [1.54, 1.807) is 39.0 Å². The molecule has 0 radical (unpaired) electrons. The average Bonchev–Trinajstić information content (AvgIpc) is 3.72. The second kappa shape index (κ2) is 12.3. The van der Waals surface area contributed by atoms with Crippen molar-refractivity contribution in [3.8, 4) is 5.75 Å². The van der Waals surface area contributed by atoms with Gasteiger partial charge < -0.3 is 25.3 Å². The molecule has 0 bridgehead atoms. The quantitative estimate of drug-likeness (QED) is 0.331. The van der Waals surface area contributed by atoms with E-state index in [2.05, 4.69) is 70.9 Å². The van der Waals surface area contributed by atoms with Gasteiger partial charge >= 0.3 is 0 Å². The van der Waals surface area contributed by atoms with Crippen LogP contribution in [0.2, 0.25) is 5.02 Å². The molecule has 5 rings (SSSR count). The maximum atomic E-state index is 13.2. The molecule has 12 heteroatoms. The van der Waals surface area contributed by atoms with E-state index >= 15 is 0 Å². The molecule has 2 aromatic rings. The smallest absolute Gasteiger partial charge is 0.246 e. The van der Waals surface area contributed by atoms with Gasteiger partial charge in [0.15, 0.2) is 5.82 Å². The van der Waals surface area contributed by atoms with E-state index < -0.39 is 21.5 Å². The van der Waals surface area contributed by atoms with E-state index in [4.69, 9.17) is 16.3 Å². The van der Waals surface area contributed by atoms with Crippen LogP contribution >= 0.6 is 11.6 Å². The van der Waals surface area contributed by atoms with E-state index in [1.807, 2.05) is 0 Å². The number of aromatic nitrogens is 2. The highest BCUT2D eigenvalue weighted by atomic mass is 35.5. The molecule has 1 saturated carbocycles. The second-order valence-electron chi connectivity index (χ2n) is 12.7. The molecule has 0 spiro atoms. The molecule has 10 nitrogen and oxygen atoms in total. The van der Waals surface area contributed by atoms with E-state index in [9.17, 15) is 9.00 Å². The number of nitrogens with one attached hydrogen (secondary N) is 3. The van der Waals surface area contributed by atoms with Crippen LogP contribution in [0.4, 0.5) is 17.5 Å². The zero-order valence-electron chi connectivity index (χ0n) is 26.3. The Morgan fingerprint density at radius 3 is 2.49 bits per heavy atom. The predicted molar refractivity (Wildman–Crippen MR) is 173 cm³/mol. The van der Waals surface area contributed by atoms with Crippen molar-refractivity contribution in [3.63, 3.8) is 0 Å². The SMILES string of the molecule is Cc1cc(Nc2ncc(Cl)c(NC3=CN(C)NC3(C)C(=O)S(=O)C(C)C)n2)c(OC2CC2)cc1C1CC(C)N(C)C(C)C1. The molecule has 4 unspecified atom stereocenters. The standard InChI is InChI=1S/C31H44ClN7O3S/c1-17(2)43(41)29(40)31(6)27(16-38(7)37-31)35-28-24(32)15-33-30(36-28)34-25-11-18(3)23(14-26(25)42-22-9-10-22)21-12-19(4)39(8)20(5)13-21/h11,14-17,19-22,37H,9-10,12-13H2,1-8H3,(H2,33,34,35,36). The summed E-state index contributed by atoms with van der Waals surface area (Å²) in [5.41, 5.74) is 5.67. The van der Waals surface area contributed by atoms with Gasteiger partial charge in [-0.05, 0) is 89.6 Å². The molecule has 1 aromatic heterocycles. The van der Waals surface area contributed by atoms with Gasteiger partial charge in [0, 0.05) is 30.6 Å². The van der Waals surface area contributed by atoms with Crippen LogP contribution in [0.1, 0.15) is 77.3 Å². The highest BCUT2D eigenvalue weighted by molar-refractivity contribution is 8.01. The van der Waals surface area contributed by atoms with Crippen molar-refractivity contribution in [1.82, 2.24) is 25.3 Å². The summed E-state index contributed by atoms with van der Waals surface area (Å²) in [7, 11) is 2.29. The zero-order chi connectivity index (χ0) is 31.2. The van der Waals surface area contributed by atoms with E-state index in [1.165, 1.54) is 17.3 Å². The minimum absolute atomic E-state index is 0.222. The van der Waals surface area contributed by atoms with E-state index in [-0.39, 0.29) is 16.4 Å². The van der Waals surface area contributed by atoms with Gasteiger partial charge in [-0.2, -0.15) is 4.98 Å². The summed E-state index contributed by atoms with van der Waals surface area (Å²) in [6, 6.07) is 5.36. The van der Waals surface area contributed by atoms with Gasteiger partial charge in [0.2, 0.25) is 11.1 Å². The first-order valence-electron chi connectivity index (χ1n) is 15.0. The van der Waals surface area contributed by atoms with E-state index in [0.29, 0.717) is 35.5 Å². The Labute approximate surface area is 262 Å². The number of hydrazine groups is 1. The number of carbonyl (C=O) groups excluding carboxylic acids is 1. The number of ether oxygens (including phenoxy) is 1. The van der Waals surface area contributed by atoms with Crippen molar-refractivity contribution in [3.05, 3.63) is 46.4 Å². The lowest BCUT2D eigenvalue weighted by molar-refractivity contribution is -0.116. The van der Waals surface area contributed by atoms with Gasteiger partial charge in [0.05, 0.1) is 34.5 Å². The Kier molecular flexibility index (Phi) is 9.09. The fraction of sp³-hybridized carbons (Fsp3) is 0.581. The average molecular weight is 630 g/mol. The van der Waals surface area contributed by atoms with Crippen molar-refractivity contribution < 1.29 is 13.7 Å². The van der Waals surface area contributed by atoms with Crippen LogP contribution in [0, 0.1) is 6.92 Å². The van der Waals surface area contributed by atoms with Gasteiger partial charge in [-0.25, -0.2) is 10.4 Å². The lowest BCUT2D eigenvalue weighted by atomic mass is 9.81. The first-order chi connectivity index (χ1) is 20.3. The van der Waals surface area contributed by atoms with Gasteiger partial charge in [0.1, 0.15) is 16.3 Å². The molecule has 0 amide bonds. The third-order valence-electron chi connectivity index (χ3n) is 8.79. The number of aryl methyl sites for hydroxylation is 1. The number of anilines is 3.